The summed E-state index contributed by atoms with van der Waals surface area (Å²) in [7, 11) is 0. The first-order valence-corrected chi connectivity index (χ1v) is 13.0. The zero-order valence-electron chi connectivity index (χ0n) is 21.9. The molecule has 3 atom stereocenters. The van der Waals surface area contributed by atoms with Crippen LogP contribution in [-0.4, -0.2) is 33.1 Å². The molecule has 1 fully saturated rings. The number of rotatable bonds is 5. The van der Waals surface area contributed by atoms with Gasteiger partial charge in [0.15, 0.2) is 5.82 Å². The second kappa shape index (κ2) is 10.1. The topological polar surface area (TPSA) is 110 Å². The summed E-state index contributed by atoms with van der Waals surface area (Å²) >= 11 is 0. The minimum Gasteiger partial charge on any atom is -0.341 e. The lowest BCUT2D eigenvalue weighted by atomic mass is 9.94. The van der Waals surface area contributed by atoms with Gasteiger partial charge in [-0.25, -0.2) is 4.98 Å². The maximum Gasteiger partial charge on any atom is 0.392 e. The smallest absolute Gasteiger partial charge is 0.341 e. The van der Waals surface area contributed by atoms with Crippen LogP contribution in [0.15, 0.2) is 41.1 Å². The van der Waals surface area contributed by atoms with Crippen molar-refractivity contribution in [1.29, 1.82) is 0 Å². The fourth-order valence-electron chi connectivity index (χ4n) is 4.90. The predicted molar refractivity (Wildman–Crippen MR) is 137 cm³/mol. The average molecular weight is 542 g/mol. The monoisotopic (exact) mass is 541 g/mol. The maximum atomic E-state index is 12.9. The van der Waals surface area contributed by atoms with Crippen LogP contribution in [0.2, 0.25) is 0 Å². The summed E-state index contributed by atoms with van der Waals surface area (Å²) in [4.78, 5) is 33.6. The summed E-state index contributed by atoms with van der Waals surface area (Å²) in [6, 6.07) is 9.17. The summed E-state index contributed by atoms with van der Waals surface area (Å²) in [6.07, 6.45) is 0.445. The number of carbonyl (C=O) groups is 2. The van der Waals surface area contributed by atoms with E-state index in [4.69, 9.17) is 4.52 Å². The molecule has 8 nitrogen and oxygen atoms in total. The van der Waals surface area contributed by atoms with E-state index in [2.05, 4.69) is 25.8 Å². The van der Waals surface area contributed by atoms with E-state index in [1.807, 2.05) is 39.0 Å². The van der Waals surface area contributed by atoms with E-state index < -0.39 is 29.8 Å². The normalized spacial score (nSPS) is 21.0. The molecule has 0 saturated heterocycles. The molecule has 2 aliphatic carbocycles. The van der Waals surface area contributed by atoms with Gasteiger partial charge in [-0.2, -0.15) is 18.2 Å². The first kappa shape index (κ1) is 26.8. The molecule has 2 aliphatic rings. The van der Waals surface area contributed by atoms with Gasteiger partial charge in [-0.3, -0.25) is 9.59 Å². The fraction of sp³-hybridized carbons (Fsp3) is 0.464. The van der Waals surface area contributed by atoms with Crippen LogP contribution in [0.5, 0.6) is 0 Å². The molecule has 0 bridgehead atoms. The van der Waals surface area contributed by atoms with Crippen molar-refractivity contribution < 1.29 is 27.3 Å². The van der Waals surface area contributed by atoms with E-state index >= 15 is 0 Å². The van der Waals surface area contributed by atoms with E-state index in [1.165, 1.54) is 6.20 Å². The molecule has 1 unspecified atom stereocenters. The molecule has 0 radical (unpaired) electrons. The van der Waals surface area contributed by atoms with Crippen LogP contribution in [0.4, 0.5) is 19.0 Å². The van der Waals surface area contributed by atoms with Gasteiger partial charge in [-0.1, -0.05) is 50.5 Å². The highest BCUT2D eigenvalue weighted by Gasteiger charge is 2.58. The Hall–Kier alpha value is -3.76. The van der Waals surface area contributed by atoms with E-state index in [9.17, 15) is 22.8 Å². The second-order valence-corrected chi connectivity index (χ2v) is 11.3. The number of anilines is 1. The molecule has 5 rings (SSSR count). The number of hydrogen-bond acceptors (Lipinski definition) is 6. The van der Waals surface area contributed by atoms with E-state index in [1.54, 1.807) is 12.1 Å². The number of alkyl halides is 3. The maximum absolute atomic E-state index is 12.9. The summed E-state index contributed by atoms with van der Waals surface area (Å²) in [6.45, 7) is 5.82. The van der Waals surface area contributed by atoms with Crippen LogP contribution in [0, 0.1) is 11.8 Å². The van der Waals surface area contributed by atoms with Crippen molar-refractivity contribution in [2.24, 2.45) is 11.8 Å². The number of amides is 2. The molecule has 2 amide bonds. The van der Waals surface area contributed by atoms with Crippen LogP contribution < -0.4 is 10.6 Å². The van der Waals surface area contributed by atoms with Crippen molar-refractivity contribution in [3.05, 3.63) is 59.4 Å². The van der Waals surface area contributed by atoms with Crippen molar-refractivity contribution in [2.75, 3.05) is 5.32 Å². The fourth-order valence-corrected chi connectivity index (χ4v) is 4.90. The Bertz CT molecular complexity index is 1400. The van der Waals surface area contributed by atoms with Crippen LogP contribution in [0.3, 0.4) is 0 Å². The Balaban J connectivity index is 1.31. The number of carbonyl (C=O) groups excluding carboxylic acids is 2. The number of pyridine rings is 1. The standard InChI is InChI=1S/C28H30F3N5O3/c1-27(2,3)26-35-25(39-36-26)24(38)33-21-7-5-4-6-17-12-15(8-9-18(17)21)16-10-11-32-22(13-16)34-23(37)19-14-20(19)28(29,30)31/h8-13,19-21H,4-7,14H2,1-3H3,(H,33,38)(H,32,34,37)/t19-,20+,21?/m0/s1. The molecule has 1 saturated carbocycles. The van der Waals surface area contributed by atoms with Gasteiger partial charge in [-0.05, 0) is 60.1 Å². The molecular formula is C28H30F3N5O3. The lowest BCUT2D eigenvalue weighted by molar-refractivity contribution is -0.153. The van der Waals surface area contributed by atoms with Gasteiger partial charge in [0.05, 0.1) is 17.9 Å². The minimum absolute atomic E-state index is 0.0681. The van der Waals surface area contributed by atoms with E-state index in [-0.39, 0.29) is 29.6 Å². The SMILES string of the molecule is CC(C)(C)c1noc(C(=O)NC2CCCCc3cc(-c4ccnc(NC(=O)[C@H]5C[C@H]5C(F)(F)F)c4)ccc32)n1. The van der Waals surface area contributed by atoms with Crippen LogP contribution >= 0.6 is 0 Å². The molecular weight excluding hydrogens is 511 g/mol. The number of nitrogens with zero attached hydrogens (tertiary/aromatic N) is 3. The van der Waals surface area contributed by atoms with Gasteiger partial charge in [-0.15, -0.1) is 0 Å². The van der Waals surface area contributed by atoms with Crippen LogP contribution in [0.1, 0.15) is 80.1 Å². The van der Waals surface area contributed by atoms with Crippen molar-refractivity contribution in [3.8, 4) is 11.1 Å². The molecule has 2 heterocycles. The quantitative estimate of drug-likeness (QED) is 0.397. The molecule has 11 heteroatoms. The molecule has 1 aromatic carbocycles. The number of halogens is 3. The Kier molecular flexibility index (Phi) is 6.94. The van der Waals surface area contributed by atoms with Gasteiger partial charge in [0, 0.05) is 11.6 Å². The second-order valence-electron chi connectivity index (χ2n) is 11.3. The Morgan fingerprint density at radius 2 is 1.82 bits per heavy atom. The number of aromatic nitrogens is 3. The third-order valence-electron chi connectivity index (χ3n) is 7.20. The highest BCUT2D eigenvalue weighted by molar-refractivity contribution is 5.94. The van der Waals surface area contributed by atoms with Gasteiger partial charge in [0.2, 0.25) is 5.91 Å². The summed E-state index contributed by atoms with van der Waals surface area (Å²) in [5, 5.41) is 9.50. The van der Waals surface area contributed by atoms with Crippen LogP contribution in [-0.2, 0) is 16.6 Å². The number of benzene rings is 1. The van der Waals surface area contributed by atoms with Crippen molar-refractivity contribution in [3.63, 3.8) is 0 Å². The molecule has 0 spiro atoms. The molecule has 0 aliphatic heterocycles. The average Bonchev–Trinajstić information content (AvgIpc) is 3.58. The van der Waals surface area contributed by atoms with Gasteiger partial charge in [0.1, 0.15) is 5.82 Å². The zero-order valence-corrected chi connectivity index (χ0v) is 21.9. The van der Waals surface area contributed by atoms with Gasteiger partial charge < -0.3 is 15.2 Å². The molecule has 2 aromatic heterocycles. The molecule has 39 heavy (non-hydrogen) atoms. The van der Waals surface area contributed by atoms with Gasteiger partial charge >= 0.3 is 18.0 Å². The minimum atomic E-state index is -4.36. The molecule has 3 aromatic rings. The van der Waals surface area contributed by atoms with Crippen molar-refractivity contribution in [1.82, 2.24) is 20.4 Å². The third-order valence-corrected chi connectivity index (χ3v) is 7.20. The number of aryl methyl sites for hydroxylation is 1. The lowest BCUT2D eigenvalue weighted by Crippen LogP contribution is -2.29. The highest BCUT2D eigenvalue weighted by Crippen LogP contribution is 2.50. The number of hydrogen-bond donors (Lipinski definition) is 2. The Morgan fingerprint density at radius 1 is 1.05 bits per heavy atom. The zero-order chi connectivity index (χ0) is 27.9. The number of nitrogens with one attached hydrogen (secondary N) is 2. The first-order valence-electron chi connectivity index (χ1n) is 13.0. The van der Waals surface area contributed by atoms with Crippen molar-refractivity contribution >= 4 is 17.6 Å². The summed E-state index contributed by atoms with van der Waals surface area (Å²) in [5.74, 6) is -3.14. The lowest BCUT2D eigenvalue weighted by Gasteiger charge is -2.19. The highest BCUT2D eigenvalue weighted by atomic mass is 19.4. The Morgan fingerprint density at radius 3 is 2.51 bits per heavy atom. The van der Waals surface area contributed by atoms with Crippen molar-refractivity contribution in [2.45, 2.75) is 70.5 Å². The van der Waals surface area contributed by atoms with Gasteiger partial charge in [0.25, 0.3) is 0 Å². The predicted octanol–water partition coefficient (Wildman–Crippen LogP) is 5.76. The number of fused-ring (bicyclic) bond motifs is 1. The third kappa shape index (κ3) is 5.97. The summed E-state index contributed by atoms with van der Waals surface area (Å²) < 4.78 is 43.7. The van der Waals surface area contributed by atoms with E-state index in [0.717, 1.165) is 47.9 Å². The summed E-state index contributed by atoms with van der Waals surface area (Å²) in [5.41, 5.74) is 3.41. The first-order chi connectivity index (χ1) is 18.4. The molecule has 2 N–H and O–H groups in total. The van der Waals surface area contributed by atoms with E-state index in [0.29, 0.717) is 5.82 Å². The van der Waals surface area contributed by atoms with Crippen LogP contribution in [0.25, 0.3) is 11.1 Å². The Labute approximate surface area is 223 Å². The largest absolute Gasteiger partial charge is 0.392 e. The molecule has 206 valence electrons.